The molecule has 0 saturated heterocycles. The van der Waals surface area contributed by atoms with Crippen LogP contribution in [-0.2, 0) is 9.47 Å². The third-order valence-electron chi connectivity index (χ3n) is 2.79. The normalized spacial score (nSPS) is 26.6. The van der Waals surface area contributed by atoms with Crippen molar-refractivity contribution in [2.75, 3.05) is 13.2 Å². The molecule has 0 bridgehead atoms. The maximum Gasteiger partial charge on any atom is 0.0901 e. The van der Waals surface area contributed by atoms with Crippen LogP contribution in [0, 0.1) is 11.8 Å². The van der Waals surface area contributed by atoms with Crippen molar-refractivity contribution in [2.24, 2.45) is 11.8 Å². The predicted octanol–water partition coefficient (Wildman–Crippen LogP) is 3.11. The fourth-order valence-corrected chi connectivity index (χ4v) is 2.11. The first-order valence-corrected chi connectivity index (χ1v) is 5.31. The maximum atomic E-state index is 5.23. The molecule has 0 amide bonds. The Bertz CT molecular complexity index is 159. The Morgan fingerprint density at radius 1 is 1.00 bits per heavy atom. The van der Waals surface area contributed by atoms with Crippen LogP contribution in [0.2, 0.25) is 0 Å². The van der Waals surface area contributed by atoms with Gasteiger partial charge >= 0.3 is 0 Å². The van der Waals surface area contributed by atoms with Gasteiger partial charge in [-0.25, -0.2) is 0 Å². The molecule has 1 aliphatic carbocycles. The van der Waals surface area contributed by atoms with Gasteiger partial charge in [-0.05, 0) is 31.1 Å². The molecular weight excluding hydrogens is 176 g/mol. The van der Waals surface area contributed by atoms with Gasteiger partial charge in [-0.2, -0.15) is 0 Å². The molecule has 80 valence electrons. The number of ether oxygens (including phenoxy) is 2. The lowest BCUT2D eigenvalue weighted by atomic mass is 9.82. The Labute approximate surface area is 86.6 Å². The van der Waals surface area contributed by atoms with Gasteiger partial charge in [-0.3, -0.25) is 0 Å². The molecule has 2 nitrogen and oxygen atoms in total. The van der Waals surface area contributed by atoms with E-state index in [0.29, 0.717) is 11.8 Å². The zero-order chi connectivity index (χ0) is 10.2. The summed E-state index contributed by atoms with van der Waals surface area (Å²) in [5, 5.41) is 0. The van der Waals surface area contributed by atoms with E-state index in [0.717, 1.165) is 13.2 Å². The van der Waals surface area contributed by atoms with E-state index in [2.05, 4.69) is 13.2 Å². The third-order valence-corrected chi connectivity index (χ3v) is 2.79. The molecule has 0 aromatic carbocycles. The van der Waals surface area contributed by atoms with Gasteiger partial charge in [0, 0.05) is 0 Å². The fourth-order valence-electron chi connectivity index (χ4n) is 2.11. The van der Waals surface area contributed by atoms with Crippen LogP contribution in [0.25, 0.3) is 0 Å². The minimum absolute atomic E-state index is 0.681. The van der Waals surface area contributed by atoms with Crippen molar-refractivity contribution in [1.29, 1.82) is 0 Å². The molecule has 2 heteroatoms. The zero-order valence-electron chi connectivity index (χ0n) is 8.78. The summed E-state index contributed by atoms with van der Waals surface area (Å²) in [6.45, 7) is 8.73. The number of rotatable bonds is 6. The molecule has 0 aromatic heterocycles. The maximum absolute atomic E-state index is 5.23. The molecule has 2 atom stereocenters. The monoisotopic (exact) mass is 196 g/mol. The Balaban J connectivity index is 2.20. The molecule has 1 fully saturated rings. The van der Waals surface area contributed by atoms with Gasteiger partial charge in [0.05, 0.1) is 25.7 Å². The lowest BCUT2D eigenvalue weighted by molar-refractivity contribution is 0.105. The van der Waals surface area contributed by atoms with Crippen molar-refractivity contribution in [2.45, 2.75) is 25.7 Å². The molecule has 0 aromatic rings. The van der Waals surface area contributed by atoms with Gasteiger partial charge in [0.2, 0.25) is 0 Å². The topological polar surface area (TPSA) is 18.5 Å². The standard InChI is InChI=1S/C12H20O2/c1-3-13-9-11-6-5-7-12(8-11)10-14-4-2/h3-4,11-12H,1-2,5-10H2/t11-,12+. The molecule has 0 radical (unpaired) electrons. The van der Waals surface area contributed by atoms with E-state index in [4.69, 9.17) is 9.47 Å². The lowest BCUT2D eigenvalue weighted by Gasteiger charge is -2.28. The summed E-state index contributed by atoms with van der Waals surface area (Å²) in [7, 11) is 0. The zero-order valence-corrected chi connectivity index (χ0v) is 8.78. The van der Waals surface area contributed by atoms with E-state index in [1.165, 1.54) is 38.2 Å². The summed E-state index contributed by atoms with van der Waals surface area (Å²) in [6, 6.07) is 0. The molecule has 1 rings (SSSR count). The van der Waals surface area contributed by atoms with E-state index in [1.807, 2.05) is 0 Å². The van der Waals surface area contributed by atoms with Crippen LogP contribution >= 0.6 is 0 Å². The number of hydrogen-bond donors (Lipinski definition) is 0. The molecule has 0 heterocycles. The van der Waals surface area contributed by atoms with E-state index in [9.17, 15) is 0 Å². The molecule has 0 aliphatic heterocycles. The smallest absolute Gasteiger partial charge is 0.0901 e. The van der Waals surface area contributed by atoms with Crippen LogP contribution in [0.4, 0.5) is 0 Å². The second kappa shape index (κ2) is 6.52. The SMILES string of the molecule is C=COC[C@H]1CCC[C@@H](COC=C)C1. The van der Waals surface area contributed by atoms with Crippen LogP contribution in [0.3, 0.4) is 0 Å². The van der Waals surface area contributed by atoms with Gasteiger partial charge in [0.1, 0.15) is 0 Å². The highest BCUT2D eigenvalue weighted by atomic mass is 16.5. The van der Waals surface area contributed by atoms with E-state index in [1.54, 1.807) is 0 Å². The van der Waals surface area contributed by atoms with Crippen molar-refractivity contribution in [3.63, 3.8) is 0 Å². The largest absolute Gasteiger partial charge is 0.502 e. The lowest BCUT2D eigenvalue weighted by Crippen LogP contribution is -2.21. The van der Waals surface area contributed by atoms with Crippen LogP contribution in [0.1, 0.15) is 25.7 Å². The highest BCUT2D eigenvalue weighted by molar-refractivity contribution is 4.74. The molecule has 0 N–H and O–H groups in total. The van der Waals surface area contributed by atoms with E-state index >= 15 is 0 Å². The average molecular weight is 196 g/mol. The van der Waals surface area contributed by atoms with Crippen LogP contribution in [-0.4, -0.2) is 13.2 Å². The molecule has 1 saturated carbocycles. The molecule has 14 heavy (non-hydrogen) atoms. The highest BCUT2D eigenvalue weighted by Gasteiger charge is 2.22. The summed E-state index contributed by atoms with van der Waals surface area (Å²) < 4.78 is 10.5. The second-order valence-corrected chi connectivity index (χ2v) is 3.90. The van der Waals surface area contributed by atoms with Gasteiger partial charge < -0.3 is 9.47 Å². The first-order chi connectivity index (χ1) is 6.86. The van der Waals surface area contributed by atoms with Gasteiger partial charge in [0.25, 0.3) is 0 Å². The minimum atomic E-state index is 0.681. The average Bonchev–Trinajstić information content (AvgIpc) is 2.24. The Morgan fingerprint density at radius 3 is 1.93 bits per heavy atom. The summed E-state index contributed by atoms with van der Waals surface area (Å²) in [6.07, 6.45) is 8.11. The molecule has 0 unspecified atom stereocenters. The Morgan fingerprint density at radius 2 is 1.50 bits per heavy atom. The van der Waals surface area contributed by atoms with E-state index in [-0.39, 0.29) is 0 Å². The predicted molar refractivity (Wildman–Crippen MR) is 57.7 cm³/mol. The van der Waals surface area contributed by atoms with E-state index < -0.39 is 0 Å². The highest BCUT2D eigenvalue weighted by Crippen LogP contribution is 2.29. The Hall–Kier alpha value is -0.920. The van der Waals surface area contributed by atoms with Crippen LogP contribution in [0.15, 0.2) is 25.7 Å². The minimum Gasteiger partial charge on any atom is -0.502 e. The molecule has 1 aliphatic rings. The quantitative estimate of drug-likeness (QED) is 0.608. The summed E-state index contributed by atoms with van der Waals surface area (Å²) in [4.78, 5) is 0. The summed E-state index contributed by atoms with van der Waals surface area (Å²) in [5.41, 5.74) is 0. The van der Waals surface area contributed by atoms with Crippen molar-refractivity contribution in [3.8, 4) is 0 Å². The van der Waals surface area contributed by atoms with Gasteiger partial charge in [0.15, 0.2) is 0 Å². The van der Waals surface area contributed by atoms with Crippen LogP contribution < -0.4 is 0 Å². The van der Waals surface area contributed by atoms with Crippen molar-refractivity contribution in [1.82, 2.24) is 0 Å². The fraction of sp³-hybridized carbons (Fsp3) is 0.667. The van der Waals surface area contributed by atoms with Crippen LogP contribution in [0.5, 0.6) is 0 Å². The number of hydrogen-bond acceptors (Lipinski definition) is 2. The first-order valence-electron chi connectivity index (χ1n) is 5.31. The summed E-state index contributed by atoms with van der Waals surface area (Å²) >= 11 is 0. The molecular formula is C12H20O2. The van der Waals surface area contributed by atoms with Crippen molar-refractivity contribution < 1.29 is 9.47 Å². The second-order valence-electron chi connectivity index (χ2n) is 3.90. The van der Waals surface area contributed by atoms with Crippen molar-refractivity contribution in [3.05, 3.63) is 25.7 Å². The Kier molecular flexibility index (Phi) is 5.20. The van der Waals surface area contributed by atoms with Gasteiger partial charge in [-0.15, -0.1) is 0 Å². The van der Waals surface area contributed by atoms with Crippen molar-refractivity contribution >= 4 is 0 Å². The third kappa shape index (κ3) is 3.86. The summed E-state index contributed by atoms with van der Waals surface area (Å²) in [5.74, 6) is 1.36. The molecule has 0 spiro atoms. The van der Waals surface area contributed by atoms with Gasteiger partial charge in [-0.1, -0.05) is 19.6 Å². The first kappa shape index (κ1) is 11.2.